The van der Waals surface area contributed by atoms with Crippen molar-refractivity contribution in [1.82, 2.24) is 14.9 Å². The number of benzene rings is 2. The number of hydrogen-bond donors (Lipinski definition) is 1. The predicted molar refractivity (Wildman–Crippen MR) is 112 cm³/mol. The molecule has 1 atom stereocenters. The average molecular weight is 406 g/mol. The molecule has 0 unspecified atom stereocenters. The van der Waals surface area contributed by atoms with Crippen LogP contribution >= 0.6 is 0 Å². The molecule has 7 heteroatoms. The molecule has 1 aliphatic heterocycles. The number of hydrogen-bond acceptors (Lipinski definition) is 5. The Bertz CT molecular complexity index is 1010. The van der Waals surface area contributed by atoms with Crippen LogP contribution in [0.4, 0.5) is 10.3 Å². The van der Waals surface area contributed by atoms with Crippen LogP contribution < -0.4 is 10.5 Å². The molecule has 2 aromatic carbocycles. The molecule has 1 aromatic heterocycles. The first-order chi connectivity index (χ1) is 14.6. The molecule has 0 bridgehead atoms. The van der Waals surface area contributed by atoms with Gasteiger partial charge in [0.25, 0.3) is 5.91 Å². The number of carbonyl (C=O) groups excluding carboxylic acids is 1. The number of amides is 1. The molecule has 2 N–H and O–H groups in total. The molecule has 1 aliphatic rings. The normalized spacial score (nSPS) is 16.3. The van der Waals surface area contributed by atoms with Gasteiger partial charge in [-0.05, 0) is 49.1 Å². The minimum absolute atomic E-state index is 0.122. The molecule has 0 aliphatic carbocycles. The van der Waals surface area contributed by atoms with Gasteiger partial charge in [-0.3, -0.25) is 4.79 Å². The van der Waals surface area contributed by atoms with Crippen molar-refractivity contribution in [2.75, 3.05) is 18.9 Å². The van der Waals surface area contributed by atoms with Crippen LogP contribution in [-0.2, 0) is 4.79 Å². The molecule has 0 radical (unpaired) electrons. The lowest BCUT2D eigenvalue weighted by atomic mass is 9.94. The van der Waals surface area contributed by atoms with E-state index in [4.69, 9.17) is 10.5 Å². The standard InChI is InChI=1S/C23H23FN4O2/c24-17-9-11-18(12-10-17)30-15-21(29)28-13-5-4-8-20(28)22-19(14-26-23(25)27-22)16-6-2-1-3-7-16/h1-3,6-7,9-12,14,20H,4-5,8,13,15H2,(H2,25,26,27)/t20-/m1/s1. The molecular formula is C23H23FN4O2. The number of aromatic nitrogens is 2. The van der Waals surface area contributed by atoms with Gasteiger partial charge in [-0.1, -0.05) is 30.3 Å². The molecule has 1 saturated heterocycles. The molecule has 4 rings (SSSR count). The second kappa shape index (κ2) is 8.90. The third-order valence-corrected chi connectivity index (χ3v) is 5.24. The topological polar surface area (TPSA) is 81.3 Å². The highest BCUT2D eigenvalue weighted by atomic mass is 19.1. The fourth-order valence-corrected chi connectivity index (χ4v) is 3.78. The zero-order valence-electron chi connectivity index (χ0n) is 16.5. The fraction of sp³-hybridized carbons (Fsp3) is 0.261. The number of rotatable bonds is 5. The summed E-state index contributed by atoms with van der Waals surface area (Å²) in [7, 11) is 0. The Balaban J connectivity index is 1.58. The van der Waals surface area contributed by atoms with Crippen LogP contribution in [0.5, 0.6) is 5.75 Å². The van der Waals surface area contributed by atoms with Gasteiger partial charge in [-0.2, -0.15) is 0 Å². The summed E-state index contributed by atoms with van der Waals surface area (Å²) >= 11 is 0. The lowest BCUT2D eigenvalue weighted by molar-refractivity contribution is -0.137. The first kappa shape index (κ1) is 19.8. The highest BCUT2D eigenvalue weighted by molar-refractivity contribution is 5.79. The van der Waals surface area contributed by atoms with E-state index in [0.29, 0.717) is 12.3 Å². The molecule has 2 heterocycles. The van der Waals surface area contributed by atoms with Crippen LogP contribution in [0.3, 0.4) is 0 Å². The minimum Gasteiger partial charge on any atom is -0.484 e. The van der Waals surface area contributed by atoms with Gasteiger partial charge in [0, 0.05) is 18.3 Å². The fourth-order valence-electron chi connectivity index (χ4n) is 3.78. The summed E-state index contributed by atoms with van der Waals surface area (Å²) in [4.78, 5) is 23.5. The molecule has 1 fully saturated rings. The van der Waals surface area contributed by atoms with Gasteiger partial charge in [0.15, 0.2) is 6.61 Å². The Morgan fingerprint density at radius 1 is 1.13 bits per heavy atom. The number of piperidine rings is 1. The van der Waals surface area contributed by atoms with E-state index in [1.165, 1.54) is 24.3 Å². The number of nitrogens with two attached hydrogens (primary N) is 1. The maximum Gasteiger partial charge on any atom is 0.261 e. The molecule has 154 valence electrons. The summed E-state index contributed by atoms with van der Waals surface area (Å²) in [6.45, 7) is 0.498. The number of likely N-dealkylation sites (tertiary alicyclic amines) is 1. The van der Waals surface area contributed by atoms with E-state index < -0.39 is 0 Å². The summed E-state index contributed by atoms with van der Waals surface area (Å²) in [5.74, 6) is 0.152. The third-order valence-electron chi connectivity index (χ3n) is 5.24. The summed E-state index contributed by atoms with van der Waals surface area (Å²) in [5.41, 5.74) is 8.50. The number of nitrogen functional groups attached to an aromatic ring is 1. The smallest absolute Gasteiger partial charge is 0.261 e. The van der Waals surface area contributed by atoms with Crippen molar-refractivity contribution in [3.8, 4) is 16.9 Å². The Kier molecular flexibility index (Phi) is 5.88. The number of halogens is 1. The van der Waals surface area contributed by atoms with E-state index in [1.54, 1.807) is 11.1 Å². The quantitative estimate of drug-likeness (QED) is 0.693. The summed E-state index contributed by atoms with van der Waals surface area (Å²) in [6, 6.07) is 15.3. The molecule has 3 aromatic rings. The lowest BCUT2D eigenvalue weighted by Gasteiger charge is -2.36. The van der Waals surface area contributed by atoms with Crippen LogP contribution in [0.2, 0.25) is 0 Å². The summed E-state index contributed by atoms with van der Waals surface area (Å²) in [5, 5.41) is 0. The van der Waals surface area contributed by atoms with E-state index >= 15 is 0 Å². The largest absolute Gasteiger partial charge is 0.484 e. The predicted octanol–water partition coefficient (Wildman–Crippen LogP) is 4.00. The number of ether oxygens (including phenoxy) is 1. The van der Waals surface area contributed by atoms with Gasteiger partial charge in [0.05, 0.1) is 11.7 Å². The molecule has 1 amide bonds. The van der Waals surface area contributed by atoms with Crippen LogP contribution in [0.25, 0.3) is 11.1 Å². The number of nitrogens with zero attached hydrogens (tertiary/aromatic N) is 3. The van der Waals surface area contributed by atoms with Crippen molar-refractivity contribution >= 4 is 11.9 Å². The Labute approximate surface area is 174 Å². The molecule has 0 saturated carbocycles. The number of anilines is 1. The monoisotopic (exact) mass is 406 g/mol. The van der Waals surface area contributed by atoms with Gasteiger partial charge >= 0.3 is 0 Å². The molecule has 0 spiro atoms. The Morgan fingerprint density at radius 2 is 1.90 bits per heavy atom. The summed E-state index contributed by atoms with van der Waals surface area (Å²) in [6.07, 6.45) is 4.42. The van der Waals surface area contributed by atoms with Crippen LogP contribution in [-0.4, -0.2) is 33.9 Å². The second-order valence-corrected chi connectivity index (χ2v) is 7.23. The van der Waals surface area contributed by atoms with Crippen molar-refractivity contribution in [1.29, 1.82) is 0 Å². The van der Waals surface area contributed by atoms with Crippen molar-refractivity contribution < 1.29 is 13.9 Å². The first-order valence-corrected chi connectivity index (χ1v) is 9.97. The van der Waals surface area contributed by atoms with Crippen LogP contribution in [0, 0.1) is 5.82 Å². The van der Waals surface area contributed by atoms with Gasteiger partial charge in [-0.25, -0.2) is 14.4 Å². The highest BCUT2D eigenvalue weighted by Crippen LogP contribution is 2.36. The van der Waals surface area contributed by atoms with Gasteiger partial charge in [0.2, 0.25) is 5.95 Å². The maximum atomic E-state index is 13.1. The second-order valence-electron chi connectivity index (χ2n) is 7.23. The van der Waals surface area contributed by atoms with Crippen LogP contribution in [0.1, 0.15) is 31.0 Å². The zero-order valence-corrected chi connectivity index (χ0v) is 16.5. The Hall–Kier alpha value is -3.48. The Morgan fingerprint density at radius 3 is 2.67 bits per heavy atom. The maximum absolute atomic E-state index is 13.1. The van der Waals surface area contributed by atoms with E-state index in [-0.39, 0.29) is 30.3 Å². The van der Waals surface area contributed by atoms with Gasteiger partial charge < -0.3 is 15.4 Å². The highest BCUT2D eigenvalue weighted by Gasteiger charge is 2.31. The van der Waals surface area contributed by atoms with Crippen molar-refractivity contribution in [3.05, 3.63) is 72.3 Å². The lowest BCUT2D eigenvalue weighted by Crippen LogP contribution is -2.41. The van der Waals surface area contributed by atoms with E-state index in [1.807, 2.05) is 30.3 Å². The van der Waals surface area contributed by atoms with Gasteiger partial charge in [0.1, 0.15) is 11.6 Å². The van der Waals surface area contributed by atoms with E-state index in [2.05, 4.69) is 9.97 Å². The van der Waals surface area contributed by atoms with Gasteiger partial charge in [-0.15, -0.1) is 0 Å². The van der Waals surface area contributed by atoms with Crippen LogP contribution in [0.15, 0.2) is 60.8 Å². The minimum atomic E-state index is -0.348. The van der Waals surface area contributed by atoms with Crippen molar-refractivity contribution in [3.63, 3.8) is 0 Å². The SMILES string of the molecule is Nc1ncc(-c2ccccc2)c([C@H]2CCCCN2C(=O)COc2ccc(F)cc2)n1. The molecule has 30 heavy (non-hydrogen) atoms. The summed E-state index contributed by atoms with van der Waals surface area (Å²) < 4.78 is 18.7. The third kappa shape index (κ3) is 4.40. The zero-order chi connectivity index (χ0) is 20.9. The molecular weight excluding hydrogens is 383 g/mol. The van der Waals surface area contributed by atoms with Crippen molar-refractivity contribution in [2.24, 2.45) is 0 Å². The van der Waals surface area contributed by atoms with Crippen molar-refractivity contribution in [2.45, 2.75) is 25.3 Å². The average Bonchev–Trinajstić information content (AvgIpc) is 2.79. The van der Waals surface area contributed by atoms with E-state index in [9.17, 15) is 9.18 Å². The van der Waals surface area contributed by atoms with E-state index in [0.717, 1.165) is 36.1 Å². The first-order valence-electron chi connectivity index (χ1n) is 9.97. The number of carbonyl (C=O) groups is 1. The molecule has 6 nitrogen and oxygen atoms in total.